The zero-order valence-electron chi connectivity index (χ0n) is 47.2. The number of rotatable bonds is 28. The molecule has 0 aromatic carbocycles. The largest absolute Gasteiger partial charge is 0.457 e. The predicted octanol–water partition coefficient (Wildman–Crippen LogP) is 11.2. The molecule has 0 saturated carbocycles. The molecule has 12 heteroatoms. The molecule has 2 aliphatic carbocycles. The fraction of sp³-hybridized carbons (Fsp3) is 0.613. The summed E-state index contributed by atoms with van der Waals surface area (Å²) < 4.78 is 12.6. The minimum atomic E-state index is -1.40. The maximum atomic E-state index is 14.0. The number of carbonyl (C=O) groups excluding carboxylic acids is 4. The van der Waals surface area contributed by atoms with Crippen LogP contribution in [0.2, 0.25) is 0 Å². The highest BCUT2D eigenvalue weighted by Gasteiger charge is 2.45. The number of Topliss-reactive ketones (excluding diaryl/α,β-unsaturated/α-hetero) is 2. The molecule has 408 valence electrons. The first kappa shape index (κ1) is 61.7. The Morgan fingerprint density at radius 2 is 0.959 bits per heavy atom. The van der Waals surface area contributed by atoms with Crippen LogP contribution in [0.15, 0.2) is 84.3 Å². The van der Waals surface area contributed by atoms with Gasteiger partial charge in [-0.15, -0.1) is 13.2 Å². The lowest BCUT2D eigenvalue weighted by Gasteiger charge is -2.34. The fourth-order valence-electron chi connectivity index (χ4n) is 10.7. The van der Waals surface area contributed by atoms with Crippen molar-refractivity contribution in [2.24, 2.45) is 46.3 Å². The van der Waals surface area contributed by atoms with E-state index in [1.165, 1.54) is 0 Å². The molecule has 0 bridgehead atoms. The number of hydrogen-bond acceptors (Lipinski definition) is 12. The summed E-state index contributed by atoms with van der Waals surface area (Å²) >= 11 is 0. The number of ketones is 2. The Bertz CT molecular complexity index is 2230. The first-order valence-corrected chi connectivity index (χ1v) is 26.9. The lowest BCUT2D eigenvalue weighted by atomic mass is 9.73. The van der Waals surface area contributed by atoms with Gasteiger partial charge in [-0.2, -0.15) is 0 Å². The Morgan fingerprint density at radius 1 is 0.622 bits per heavy atom. The minimum Gasteiger partial charge on any atom is -0.457 e. The third kappa shape index (κ3) is 15.8. The number of aryl methyl sites for hydroxylation is 2. The number of esters is 2. The van der Waals surface area contributed by atoms with E-state index in [2.05, 4.69) is 13.2 Å². The first-order chi connectivity index (χ1) is 34.5. The number of aliphatic hydroxyl groups excluding tert-OH is 4. The van der Waals surface area contributed by atoms with Crippen molar-refractivity contribution in [1.82, 2.24) is 9.97 Å². The Kier molecular flexibility index (Phi) is 22.3. The van der Waals surface area contributed by atoms with Crippen LogP contribution in [0.25, 0.3) is 11.1 Å². The van der Waals surface area contributed by atoms with Gasteiger partial charge in [0.05, 0.1) is 59.5 Å². The SMILES string of the molecule is C=C(C)CCC[C@H](C)[C@H](O)[C@@H](C)C(=O)C(C)(C)[C@@H](O)CC(=O)O[C@@H]1C(C)=C(c2ccc(C)cn2)CC1/C=C/[C@@H]1CC(c2ccc(C)cn2)=C(C)[C@H]1OC(=O)C[C@H](O)C(C)(C)C(=O)[C@H](C)[C@@H](O)[C@@H](C)CCCC(=C)C. The van der Waals surface area contributed by atoms with E-state index in [-0.39, 0.29) is 35.2 Å². The van der Waals surface area contributed by atoms with Gasteiger partial charge in [0.2, 0.25) is 0 Å². The number of ether oxygens (including phenoxy) is 2. The highest BCUT2D eigenvalue weighted by Crippen LogP contribution is 2.44. The second-order valence-corrected chi connectivity index (χ2v) is 23.5. The van der Waals surface area contributed by atoms with Crippen molar-refractivity contribution in [1.29, 1.82) is 0 Å². The van der Waals surface area contributed by atoms with E-state index in [4.69, 9.17) is 19.4 Å². The van der Waals surface area contributed by atoms with Gasteiger partial charge in [-0.1, -0.05) is 90.8 Å². The normalized spacial score (nSPS) is 21.7. The molecule has 0 spiro atoms. The van der Waals surface area contributed by atoms with Crippen LogP contribution >= 0.6 is 0 Å². The Morgan fingerprint density at radius 3 is 1.26 bits per heavy atom. The number of aliphatic hydroxyl groups is 4. The summed E-state index contributed by atoms with van der Waals surface area (Å²) in [4.78, 5) is 65.1. The van der Waals surface area contributed by atoms with Gasteiger partial charge in [-0.05, 0) is 150 Å². The molecule has 0 aliphatic heterocycles. The molecular weight excluding hydrogens is 933 g/mol. The second-order valence-electron chi connectivity index (χ2n) is 23.5. The van der Waals surface area contributed by atoms with E-state index in [9.17, 15) is 39.6 Å². The number of nitrogens with zero attached hydrogens (tertiary/aromatic N) is 2. The molecule has 1 unspecified atom stereocenters. The van der Waals surface area contributed by atoms with Crippen molar-refractivity contribution in [2.45, 2.75) is 198 Å². The number of allylic oxidation sites excluding steroid dienone is 4. The topological polar surface area (TPSA) is 193 Å². The Hall–Kier alpha value is -4.88. The zero-order chi connectivity index (χ0) is 55.6. The molecule has 0 fully saturated rings. The predicted molar refractivity (Wildman–Crippen MR) is 293 cm³/mol. The van der Waals surface area contributed by atoms with E-state index in [0.29, 0.717) is 25.7 Å². The maximum absolute atomic E-state index is 14.0. The van der Waals surface area contributed by atoms with Crippen LogP contribution in [0.1, 0.15) is 170 Å². The Balaban J connectivity index is 1.58. The molecule has 12 atom stereocenters. The first-order valence-electron chi connectivity index (χ1n) is 26.9. The van der Waals surface area contributed by atoms with Crippen molar-refractivity contribution in [3.63, 3.8) is 0 Å². The molecule has 4 N–H and O–H groups in total. The molecule has 2 heterocycles. The van der Waals surface area contributed by atoms with Gasteiger partial charge in [0.1, 0.15) is 23.8 Å². The number of carbonyl (C=O) groups is 4. The van der Waals surface area contributed by atoms with E-state index in [1.54, 1.807) is 53.9 Å². The van der Waals surface area contributed by atoms with E-state index in [1.807, 2.05) is 91.8 Å². The van der Waals surface area contributed by atoms with Gasteiger partial charge >= 0.3 is 11.9 Å². The Labute approximate surface area is 442 Å². The minimum absolute atomic E-state index is 0.156. The van der Waals surface area contributed by atoms with Gasteiger partial charge in [-0.25, -0.2) is 0 Å². The standard InChI is InChI=1S/C62H90N2O10/c1-35(2)19-17-21-39(7)55(69)43(11)59(71)61(13,14)51(65)31-53(67)73-57-41(9)47(49-27-23-37(5)33-63-49)29-45(57)25-26-46-30-48(50-28-24-38(6)34-64-50)42(10)58(46)74-54(68)32-52(66)62(15,16)60(72)44(12)56(70)40(8)22-18-20-36(3)4/h23-28,33-34,39-40,43-46,51-52,55-58,65-66,69-70H,1,3,17-22,29-32H2,2,4-16H3/b26-25+/t39-,40-,43+,44+,45+,46?,51-,52-,55-,56-,57+,58+/m0/s1. The van der Waals surface area contributed by atoms with Crippen molar-refractivity contribution >= 4 is 34.7 Å². The van der Waals surface area contributed by atoms with Crippen LogP contribution in [0.5, 0.6) is 0 Å². The molecule has 0 radical (unpaired) electrons. The van der Waals surface area contributed by atoms with E-state index < -0.39 is 84.1 Å². The summed E-state index contributed by atoms with van der Waals surface area (Å²) in [5, 5.41) is 45.4. The van der Waals surface area contributed by atoms with Gasteiger partial charge in [0.25, 0.3) is 0 Å². The summed E-state index contributed by atoms with van der Waals surface area (Å²) in [5.74, 6) is -4.69. The molecule has 12 nitrogen and oxygen atoms in total. The van der Waals surface area contributed by atoms with Crippen molar-refractivity contribution in [3.8, 4) is 0 Å². The molecule has 2 aliphatic rings. The smallest absolute Gasteiger partial charge is 0.309 e. The maximum Gasteiger partial charge on any atom is 0.309 e. The highest BCUT2D eigenvalue weighted by molar-refractivity contribution is 5.89. The summed E-state index contributed by atoms with van der Waals surface area (Å²) in [7, 11) is 0. The highest BCUT2D eigenvalue weighted by atomic mass is 16.5. The average Bonchev–Trinajstić information content (AvgIpc) is 3.81. The molecule has 4 rings (SSSR count). The summed E-state index contributed by atoms with van der Waals surface area (Å²) in [5.41, 5.74) is 6.25. The van der Waals surface area contributed by atoms with Crippen molar-refractivity contribution in [3.05, 3.63) is 107 Å². The van der Waals surface area contributed by atoms with Crippen LogP contribution in [-0.4, -0.2) is 90.5 Å². The van der Waals surface area contributed by atoms with Crippen LogP contribution in [0.3, 0.4) is 0 Å². The van der Waals surface area contributed by atoms with Gasteiger partial charge in [-0.3, -0.25) is 29.1 Å². The summed E-state index contributed by atoms with van der Waals surface area (Å²) in [6, 6.07) is 7.82. The quantitative estimate of drug-likeness (QED) is 0.0466. The van der Waals surface area contributed by atoms with E-state index in [0.717, 1.165) is 81.6 Å². The number of pyridine rings is 2. The molecular formula is C62H90N2O10. The lowest BCUT2D eigenvalue weighted by molar-refractivity contribution is -0.157. The summed E-state index contributed by atoms with van der Waals surface area (Å²) in [6.07, 6.45) is 6.21. The van der Waals surface area contributed by atoms with Crippen LogP contribution in [0.4, 0.5) is 0 Å². The number of aromatic nitrogens is 2. The second kappa shape index (κ2) is 26.7. The van der Waals surface area contributed by atoms with Crippen molar-refractivity contribution in [2.75, 3.05) is 0 Å². The molecule has 0 amide bonds. The average molecular weight is 1020 g/mol. The summed E-state index contributed by atoms with van der Waals surface area (Å²) in [6.45, 7) is 33.1. The van der Waals surface area contributed by atoms with Gasteiger partial charge in [0, 0.05) is 36.1 Å². The van der Waals surface area contributed by atoms with Gasteiger partial charge < -0.3 is 29.9 Å². The van der Waals surface area contributed by atoms with Crippen LogP contribution in [-0.2, 0) is 28.7 Å². The fourth-order valence-corrected chi connectivity index (χ4v) is 10.7. The third-order valence-corrected chi connectivity index (χ3v) is 16.2. The zero-order valence-corrected chi connectivity index (χ0v) is 47.2. The molecule has 0 saturated heterocycles. The van der Waals surface area contributed by atoms with Crippen LogP contribution < -0.4 is 0 Å². The number of hydrogen-bond donors (Lipinski definition) is 4. The molecule has 74 heavy (non-hydrogen) atoms. The van der Waals surface area contributed by atoms with Crippen LogP contribution in [0, 0.1) is 60.2 Å². The molecule has 2 aromatic heterocycles. The van der Waals surface area contributed by atoms with Crippen molar-refractivity contribution < 1.29 is 49.1 Å². The molecule has 2 aromatic rings. The third-order valence-electron chi connectivity index (χ3n) is 16.2. The monoisotopic (exact) mass is 1020 g/mol. The lowest BCUT2D eigenvalue weighted by Crippen LogP contribution is -2.45. The van der Waals surface area contributed by atoms with E-state index >= 15 is 0 Å². The van der Waals surface area contributed by atoms with Gasteiger partial charge in [0.15, 0.2) is 0 Å².